The Kier molecular flexibility index (Phi) is 13.0. The molecule has 3 saturated carbocycles. The third-order valence-electron chi connectivity index (χ3n) is 12.9. The smallest absolute Gasteiger partial charge is 0.251 e. The number of nitrogens with one attached hydrogen (secondary N) is 2. The number of anilines is 1. The van der Waals surface area contributed by atoms with E-state index in [2.05, 4.69) is 41.4 Å². The van der Waals surface area contributed by atoms with Crippen molar-refractivity contribution in [3.8, 4) is 16.9 Å². The van der Waals surface area contributed by atoms with Gasteiger partial charge >= 0.3 is 0 Å². The number of amides is 2. The lowest BCUT2D eigenvalue weighted by Crippen LogP contribution is -2.62. The number of methoxy groups -OCH3 is 1. The van der Waals surface area contributed by atoms with Crippen LogP contribution in [0.4, 0.5) is 10.1 Å². The van der Waals surface area contributed by atoms with E-state index in [1.54, 1.807) is 12.1 Å². The van der Waals surface area contributed by atoms with Crippen molar-refractivity contribution in [3.05, 3.63) is 93.6 Å². The lowest BCUT2D eigenvalue weighted by atomic mass is 9.45. The average Bonchev–Trinajstić information content (AvgIpc) is 3.54. The molecule has 3 aromatic rings. The fourth-order valence-electron chi connectivity index (χ4n) is 9.62. The van der Waals surface area contributed by atoms with E-state index in [4.69, 9.17) is 9.57 Å². The molecule has 2 amide bonds. The zero-order valence-electron chi connectivity index (χ0n) is 35.1. The van der Waals surface area contributed by atoms with Gasteiger partial charge in [-0.05, 0) is 110 Å². The maximum Gasteiger partial charge on any atom is 0.251 e. The van der Waals surface area contributed by atoms with Crippen molar-refractivity contribution in [2.24, 2.45) is 34.2 Å². The highest BCUT2D eigenvalue weighted by Gasteiger charge is 2.57. The summed E-state index contributed by atoms with van der Waals surface area (Å²) in [4.78, 5) is 41.3. The van der Waals surface area contributed by atoms with Gasteiger partial charge in [0.15, 0.2) is 6.23 Å². The number of azide groups is 1. The average molecular weight is 799 g/mol. The maximum absolute atomic E-state index is 16.1. The number of nitrogens with zero attached hydrogens (tertiary/aromatic N) is 6. The normalized spacial score (nSPS) is 25.9. The number of halogens is 1. The minimum atomic E-state index is -1.22. The quantitative estimate of drug-likeness (QED) is 0.0906. The molecule has 9 atom stereocenters. The third-order valence-corrected chi connectivity index (χ3v) is 12.9. The SMILES string of the molecule is COc1c(-c2cc(C(=O)N[C@@H](Cc3ccccc3)CN(C)C)cc(N(C)C)c2)ccc(F)c1CN1OC(N=[N+]=[N-])[C@@H]([C@H](C)O)[C@H]1C(=O)N[C@H]1C[C@H]2C[C@@H]([C@@H]1C)C2(C)C. The number of hydroxylamine groups is 2. The number of aliphatic hydroxyl groups is 1. The summed E-state index contributed by atoms with van der Waals surface area (Å²) in [6.07, 6.45) is 0.299. The van der Waals surface area contributed by atoms with E-state index in [0.717, 1.165) is 24.1 Å². The molecule has 2 bridgehead atoms. The molecule has 1 heterocycles. The molecule has 14 heteroatoms. The van der Waals surface area contributed by atoms with E-state index < -0.39 is 30.1 Å². The van der Waals surface area contributed by atoms with Crippen LogP contribution in [0.2, 0.25) is 0 Å². The second-order valence-electron chi connectivity index (χ2n) is 17.5. The predicted molar refractivity (Wildman–Crippen MR) is 222 cm³/mol. The zero-order valence-corrected chi connectivity index (χ0v) is 35.1. The molecule has 1 saturated heterocycles. The van der Waals surface area contributed by atoms with Crippen LogP contribution >= 0.6 is 0 Å². The van der Waals surface area contributed by atoms with Crippen LogP contribution in [0.25, 0.3) is 21.6 Å². The van der Waals surface area contributed by atoms with Crippen molar-refractivity contribution in [1.29, 1.82) is 0 Å². The largest absolute Gasteiger partial charge is 0.496 e. The fourth-order valence-corrected chi connectivity index (χ4v) is 9.62. The monoisotopic (exact) mass is 798 g/mol. The van der Waals surface area contributed by atoms with Crippen LogP contribution in [0.15, 0.2) is 65.8 Å². The molecule has 3 aromatic carbocycles. The van der Waals surface area contributed by atoms with Crippen molar-refractivity contribution in [3.63, 3.8) is 0 Å². The molecule has 3 N–H and O–H groups in total. The van der Waals surface area contributed by atoms with Crippen molar-refractivity contribution < 1.29 is 28.7 Å². The Bertz CT molecular complexity index is 2000. The number of aliphatic hydroxyl groups excluding tert-OH is 1. The van der Waals surface area contributed by atoms with Gasteiger partial charge in [0.1, 0.15) is 17.6 Å². The van der Waals surface area contributed by atoms with Gasteiger partial charge in [0.25, 0.3) is 5.91 Å². The van der Waals surface area contributed by atoms with Gasteiger partial charge in [-0.25, -0.2) is 4.39 Å². The lowest BCUT2D eigenvalue weighted by Gasteiger charge is -2.62. The van der Waals surface area contributed by atoms with Crippen LogP contribution in [0.1, 0.15) is 62.0 Å². The lowest BCUT2D eigenvalue weighted by molar-refractivity contribution is -0.176. The Hall–Kier alpha value is -4.72. The van der Waals surface area contributed by atoms with Crippen molar-refractivity contribution in [2.75, 3.05) is 46.7 Å². The van der Waals surface area contributed by atoms with Gasteiger partial charge in [0.2, 0.25) is 5.91 Å². The second-order valence-corrected chi connectivity index (χ2v) is 17.5. The van der Waals surface area contributed by atoms with E-state index in [1.165, 1.54) is 25.2 Å². The number of hydrogen-bond acceptors (Lipinski definition) is 9. The van der Waals surface area contributed by atoms with E-state index >= 15 is 4.39 Å². The molecular formula is C44H59FN8O5. The molecule has 312 valence electrons. The van der Waals surface area contributed by atoms with E-state index in [0.29, 0.717) is 41.5 Å². The zero-order chi connectivity index (χ0) is 42.1. The highest BCUT2D eigenvalue weighted by atomic mass is 19.1. The number of benzene rings is 3. The van der Waals surface area contributed by atoms with Crippen LogP contribution in [-0.4, -0.2) is 99.2 Å². The summed E-state index contributed by atoms with van der Waals surface area (Å²) in [6.45, 7) is 8.63. The van der Waals surface area contributed by atoms with Crippen molar-refractivity contribution >= 4 is 17.5 Å². The highest BCUT2D eigenvalue weighted by Crippen LogP contribution is 2.61. The minimum absolute atomic E-state index is 0.0826. The van der Waals surface area contributed by atoms with Gasteiger partial charge in [-0.15, -0.1) is 0 Å². The number of ether oxygens (including phenoxy) is 1. The van der Waals surface area contributed by atoms with Crippen molar-refractivity contribution in [2.45, 2.75) is 84.0 Å². The number of rotatable bonds is 15. The Labute approximate surface area is 341 Å². The molecule has 0 radical (unpaired) electrons. The summed E-state index contributed by atoms with van der Waals surface area (Å²) < 4.78 is 22.1. The Morgan fingerprint density at radius 1 is 1.12 bits per heavy atom. The summed E-state index contributed by atoms with van der Waals surface area (Å²) in [7, 11) is 9.14. The molecular weight excluding hydrogens is 740 g/mol. The molecule has 1 unspecified atom stereocenters. The van der Waals surface area contributed by atoms with Crippen molar-refractivity contribution in [1.82, 2.24) is 20.6 Å². The van der Waals surface area contributed by atoms with Crippen LogP contribution < -0.4 is 20.3 Å². The van der Waals surface area contributed by atoms with E-state index in [-0.39, 0.29) is 53.1 Å². The van der Waals surface area contributed by atoms with Crippen LogP contribution in [0.3, 0.4) is 0 Å². The van der Waals surface area contributed by atoms with Gasteiger partial charge in [0.05, 0.1) is 19.8 Å². The first-order valence-electron chi connectivity index (χ1n) is 20.2. The Balaban J connectivity index is 1.32. The van der Waals surface area contributed by atoms with Gasteiger partial charge in [-0.3, -0.25) is 14.4 Å². The number of hydrogen-bond donors (Lipinski definition) is 3. The number of likely N-dealkylation sites (N-methyl/N-ethyl adjacent to an activating group) is 1. The summed E-state index contributed by atoms with van der Waals surface area (Å²) in [5, 5.41) is 22.6. The standard InChI is InChI=1S/C44H59FN8O5/c1-25-35-21-30(44(35,3)4)22-37(25)48-42(56)39-38(26(2)54)43(49-50-46)58-53(39)24-34-36(45)16-15-33(40(34)57-9)28-18-29(20-32(19-28)52(7)8)41(55)47-31(23-51(5)6)17-27-13-11-10-12-14-27/h10-16,18-20,25-26,30-31,35,37-39,43,54H,17,21-24H2,1-9H3,(H,47,55)(H,48,56)/t25-,26-,30+,31-,35-,37-,38-,39-,43?/m0/s1. The van der Waals surface area contributed by atoms with E-state index in [9.17, 15) is 20.2 Å². The first-order valence-corrected chi connectivity index (χ1v) is 20.2. The molecule has 58 heavy (non-hydrogen) atoms. The number of fused-ring (bicyclic) bond motifs is 2. The van der Waals surface area contributed by atoms with Gasteiger partial charge in [-0.1, -0.05) is 56.2 Å². The number of carbonyl (C=O) groups is 2. The Morgan fingerprint density at radius 3 is 2.45 bits per heavy atom. The van der Waals surface area contributed by atoms with Crippen LogP contribution in [-0.2, 0) is 22.6 Å². The molecule has 13 nitrogen and oxygen atoms in total. The third kappa shape index (κ3) is 8.81. The molecule has 4 fully saturated rings. The summed E-state index contributed by atoms with van der Waals surface area (Å²) in [6, 6.07) is 17.1. The molecule has 0 aromatic heterocycles. The van der Waals surface area contributed by atoms with Gasteiger partial charge in [-0.2, -0.15) is 5.06 Å². The molecule has 4 aliphatic rings. The summed E-state index contributed by atoms with van der Waals surface area (Å²) >= 11 is 0. The van der Waals surface area contributed by atoms with E-state index in [1.807, 2.05) is 80.5 Å². The molecule has 7 rings (SSSR count). The summed E-state index contributed by atoms with van der Waals surface area (Å²) in [5.41, 5.74) is 13.1. The second kappa shape index (κ2) is 17.6. The first-order chi connectivity index (χ1) is 27.5. The Morgan fingerprint density at radius 2 is 1.84 bits per heavy atom. The van der Waals surface area contributed by atoms with Gasteiger partial charge in [0, 0.05) is 65.9 Å². The molecule has 3 aliphatic carbocycles. The summed E-state index contributed by atoms with van der Waals surface area (Å²) in [5.74, 6) is -0.801. The minimum Gasteiger partial charge on any atom is -0.496 e. The van der Waals surface area contributed by atoms with Crippen LogP contribution in [0.5, 0.6) is 5.75 Å². The first kappa shape index (κ1) is 42.9. The highest BCUT2D eigenvalue weighted by molar-refractivity contribution is 5.97. The number of carbonyl (C=O) groups excluding carboxylic acids is 2. The molecule has 1 aliphatic heterocycles. The topological polar surface area (TPSA) is 155 Å². The predicted octanol–water partition coefficient (Wildman–Crippen LogP) is 6.41. The maximum atomic E-state index is 16.1. The molecule has 0 spiro atoms. The van der Waals surface area contributed by atoms with Gasteiger partial charge < -0.3 is 30.3 Å². The fraction of sp³-hybridized carbons (Fsp3) is 0.545. The van der Waals surface area contributed by atoms with Crippen LogP contribution in [0, 0.1) is 34.9 Å².